The van der Waals surface area contributed by atoms with Gasteiger partial charge in [0.1, 0.15) is 12.4 Å². The lowest BCUT2D eigenvalue weighted by Crippen LogP contribution is -1.95. The largest absolute Gasteiger partial charge is 0.489 e. The van der Waals surface area contributed by atoms with Crippen molar-refractivity contribution in [1.82, 2.24) is 0 Å². The van der Waals surface area contributed by atoms with Crippen LogP contribution in [-0.4, -0.2) is 5.78 Å². The van der Waals surface area contributed by atoms with E-state index in [0.717, 1.165) is 20.4 Å². The van der Waals surface area contributed by atoms with Crippen molar-refractivity contribution in [1.29, 1.82) is 0 Å². The Labute approximate surface area is 161 Å². The van der Waals surface area contributed by atoms with Crippen molar-refractivity contribution < 1.29 is 9.53 Å². The van der Waals surface area contributed by atoms with Gasteiger partial charge in [0.25, 0.3) is 0 Å². The lowest BCUT2D eigenvalue weighted by atomic mass is 10.1. The van der Waals surface area contributed by atoms with Gasteiger partial charge in [-0.15, -0.1) is 0 Å². The summed E-state index contributed by atoms with van der Waals surface area (Å²) in [5.74, 6) is 0.779. The normalized spacial score (nSPS) is 10.8. The van der Waals surface area contributed by atoms with Crippen LogP contribution in [0.3, 0.4) is 0 Å². The molecule has 0 atom stereocenters. The third kappa shape index (κ3) is 5.29. The number of allylic oxidation sites excluding steroid dienone is 1. The standard InChI is InChI=1S/C22H17IO2/c23-20-10-5-9-19(15-20)22(24)13-12-17-8-4-11-21(14-17)25-16-18-6-2-1-3-7-18/h1-15H,16H2/b13-12+. The number of ether oxygens (including phenoxy) is 1. The van der Waals surface area contributed by atoms with E-state index in [2.05, 4.69) is 22.6 Å². The first kappa shape index (κ1) is 17.4. The highest BCUT2D eigenvalue weighted by Gasteiger charge is 2.02. The second-order valence-corrected chi connectivity index (χ2v) is 6.80. The summed E-state index contributed by atoms with van der Waals surface area (Å²) in [7, 11) is 0. The SMILES string of the molecule is O=C(/C=C/c1cccc(OCc2ccccc2)c1)c1cccc(I)c1. The van der Waals surface area contributed by atoms with Crippen LogP contribution in [-0.2, 0) is 6.61 Å². The molecule has 0 fully saturated rings. The van der Waals surface area contributed by atoms with E-state index in [9.17, 15) is 4.79 Å². The van der Waals surface area contributed by atoms with Crippen molar-refractivity contribution in [3.8, 4) is 5.75 Å². The molecule has 0 aliphatic rings. The molecule has 3 heteroatoms. The summed E-state index contributed by atoms with van der Waals surface area (Å²) in [5.41, 5.74) is 2.75. The number of ketones is 1. The number of benzene rings is 3. The molecule has 2 nitrogen and oxygen atoms in total. The third-order valence-corrected chi connectivity index (χ3v) is 4.31. The number of carbonyl (C=O) groups excluding carboxylic acids is 1. The number of rotatable bonds is 6. The van der Waals surface area contributed by atoms with Gasteiger partial charge in [-0.3, -0.25) is 4.79 Å². The number of carbonyl (C=O) groups is 1. The van der Waals surface area contributed by atoms with Gasteiger partial charge in [0, 0.05) is 9.13 Å². The van der Waals surface area contributed by atoms with E-state index in [1.807, 2.05) is 84.9 Å². The van der Waals surface area contributed by atoms with Crippen LogP contribution in [0.25, 0.3) is 6.08 Å². The number of hydrogen-bond acceptors (Lipinski definition) is 2. The molecule has 0 N–H and O–H groups in total. The number of hydrogen-bond donors (Lipinski definition) is 0. The summed E-state index contributed by atoms with van der Waals surface area (Å²) < 4.78 is 6.87. The minimum atomic E-state index is -0.00544. The summed E-state index contributed by atoms with van der Waals surface area (Å²) in [6, 6.07) is 25.3. The van der Waals surface area contributed by atoms with Gasteiger partial charge < -0.3 is 4.74 Å². The van der Waals surface area contributed by atoms with Crippen LogP contribution in [0, 0.1) is 3.57 Å². The Balaban J connectivity index is 1.66. The Morgan fingerprint density at radius 1 is 0.920 bits per heavy atom. The molecule has 0 unspecified atom stereocenters. The molecule has 3 aromatic carbocycles. The lowest BCUT2D eigenvalue weighted by molar-refractivity contribution is 0.104. The molecule has 0 radical (unpaired) electrons. The van der Waals surface area contributed by atoms with Crippen molar-refractivity contribution in [2.24, 2.45) is 0 Å². The van der Waals surface area contributed by atoms with Gasteiger partial charge >= 0.3 is 0 Å². The van der Waals surface area contributed by atoms with Crippen LogP contribution < -0.4 is 4.74 Å². The van der Waals surface area contributed by atoms with Crippen LogP contribution in [0.1, 0.15) is 21.5 Å². The minimum absolute atomic E-state index is 0.00544. The Morgan fingerprint density at radius 2 is 1.72 bits per heavy atom. The highest BCUT2D eigenvalue weighted by molar-refractivity contribution is 14.1. The highest BCUT2D eigenvalue weighted by Crippen LogP contribution is 2.17. The lowest BCUT2D eigenvalue weighted by Gasteiger charge is -2.06. The van der Waals surface area contributed by atoms with E-state index in [1.165, 1.54) is 0 Å². The molecule has 0 saturated heterocycles. The van der Waals surface area contributed by atoms with Gasteiger partial charge in [-0.05, 0) is 64.1 Å². The van der Waals surface area contributed by atoms with Crippen LogP contribution >= 0.6 is 22.6 Å². The van der Waals surface area contributed by atoms with E-state index in [-0.39, 0.29) is 5.78 Å². The average molecular weight is 440 g/mol. The highest BCUT2D eigenvalue weighted by atomic mass is 127. The first-order chi connectivity index (χ1) is 12.2. The molecule has 0 heterocycles. The molecular formula is C22H17IO2. The monoisotopic (exact) mass is 440 g/mol. The van der Waals surface area contributed by atoms with Crippen molar-refractivity contribution in [3.63, 3.8) is 0 Å². The first-order valence-corrected chi connectivity index (χ1v) is 9.03. The molecule has 3 aromatic rings. The smallest absolute Gasteiger partial charge is 0.185 e. The van der Waals surface area contributed by atoms with Gasteiger partial charge in [0.15, 0.2) is 5.78 Å². The van der Waals surface area contributed by atoms with Gasteiger partial charge in [0.05, 0.1) is 0 Å². The molecule has 3 rings (SSSR count). The second-order valence-electron chi connectivity index (χ2n) is 5.55. The fraction of sp³-hybridized carbons (Fsp3) is 0.0455. The zero-order valence-electron chi connectivity index (χ0n) is 13.6. The minimum Gasteiger partial charge on any atom is -0.489 e. The van der Waals surface area contributed by atoms with E-state index in [4.69, 9.17) is 4.74 Å². The molecule has 124 valence electrons. The Hall–Kier alpha value is -2.40. The zero-order valence-corrected chi connectivity index (χ0v) is 15.7. The van der Waals surface area contributed by atoms with E-state index in [0.29, 0.717) is 12.2 Å². The molecule has 0 spiro atoms. The topological polar surface area (TPSA) is 26.3 Å². The van der Waals surface area contributed by atoms with Gasteiger partial charge in [-0.2, -0.15) is 0 Å². The number of halogens is 1. The average Bonchev–Trinajstić information content (AvgIpc) is 2.66. The van der Waals surface area contributed by atoms with Crippen LogP contribution in [0.2, 0.25) is 0 Å². The van der Waals surface area contributed by atoms with Gasteiger partial charge in [-0.1, -0.05) is 60.7 Å². The summed E-state index contributed by atoms with van der Waals surface area (Å²) in [6.45, 7) is 0.523. The Morgan fingerprint density at radius 3 is 2.52 bits per heavy atom. The first-order valence-electron chi connectivity index (χ1n) is 7.95. The maximum Gasteiger partial charge on any atom is 0.185 e. The molecule has 0 amide bonds. The quantitative estimate of drug-likeness (QED) is 0.277. The van der Waals surface area contributed by atoms with E-state index in [1.54, 1.807) is 6.08 Å². The fourth-order valence-corrected chi connectivity index (χ4v) is 2.90. The van der Waals surface area contributed by atoms with Crippen LogP contribution in [0.4, 0.5) is 0 Å². The fourth-order valence-electron chi connectivity index (χ4n) is 2.36. The van der Waals surface area contributed by atoms with Crippen molar-refractivity contribution in [2.45, 2.75) is 6.61 Å². The van der Waals surface area contributed by atoms with Gasteiger partial charge in [-0.25, -0.2) is 0 Å². The van der Waals surface area contributed by atoms with Crippen LogP contribution in [0.15, 0.2) is 84.9 Å². The Bertz CT molecular complexity index is 885. The second kappa shape index (κ2) is 8.62. The molecule has 0 aliphatic carbocycles. The summed E-state index contributed by atoms with van der Waals surface area (Å²) in [4.78, 5) is 12.2. The molecule has 0 bridgehead atoms. The van der Waals surface area contributed by atoms with E-state index >= 15 is 0 Å². The summed E-state index contributed by atoms with van der Waals surface area (Å²) in [6.07, 6.45) is 3.42. The molecular weight excluding hydrogens is 423 g/mol. The summed E-state index contributed by atoms with van der Waals surface area (Å²) in [5, 5.41) is 0. The summed E-state index contributed by atoms with van der Waals surface area (Å²) >= 11 is 2.20. The molecule has 25 heavy (non-hydrogen) atoms. The maximum atomic E-state index is 12.2. The zero-order chi connectivity index (χ0) is 17.5. The molecule has 0 saturated carbocycles. The van der Waals surface area contributed by atoms with Crippen molar-refractivity contribution in [3.05, 3.63) is 105 Å². The maximum absolute atomic E-state index is 12.2. The van der Waals surface area contributed by atoms with Crippen molar-refractivity contribution in [2.75, 3.05) is 0 Å². The van der Waals surface area contributed by atoms with E-state index < -0.39 is 0 Å². The molecule has 0 aromatic heterocycles. The third-order valence-electron chi connectivity index (χ3n) is 3.64. The van der Waals surface area contributed by atoms with Crippen LogP contribution in [0.5, 0.6) is 5.75 Å². The predicted octanol–water partition coefficient (Wildman–Crippen LogP) is 5.77. The molecule has 0 aliphatic heterocycles. The van der Waals surface area contributed by atoms with Gasteiger partial charge in [0.2, 0.25) is 0 Å². The Kier molecular flexibility index (Phi) is 6.01. The predicted molar refractivity (Wildman–Crippen MR) is 110 cm³/mol. The van der Waals surface area contributed by atoms with Crippen molar-refractivity contribution >= 4 is 34.5 Å².